The van der Waals surface area contributed by atoms with Crippen LogP contribution >= 0.6 is 23.1 Å². The molecule has 3 heterocycles. The van der Waals surface area contributed by atoms with Crippen LogP contribution in [0.3, 0.4) is 0 Å². The molecule has 0 N–H and O–H groups in total. The van der Waals surface area contributed by atoms with E-state index in [1.807, 2.05) is 23.0 Å². The Morgan fingerprint density at radius 3 is 2.69 bits per heavy atom. The number of ether oxygens (including phenoxy) is 4. The maximum absolute atomic E-state index is 12.4. The Hall–Kier alpha value is -2.13. The van der Waals surface area contributed by atoms with E-state index in [9.17, 15) is 4.79 Å². The molecule has 4 rings (SSSR count). The number of aryl methyl sites for hydroxylation is 1. The van der Waals surface area contributed by atoms with Crippen LogP contribution in [0.5, 0.6) is 11.5 Å². The predicted molar refractivity (Wildman–Crippen MR) is 99.7 cm³/mol. The number of amides is 1. The van der Waals surface area contributed by atoms with Crippen molar-refractivity contribution in [2.45, 2.75) is 6.54 Å². The molecular weight excluding hydrogens is 376 g/mol. The quantitative estimate of drug-likeness (QED) is 0.791. The molecule has 138 valence electrons. The van der Waals surface area contributed by atoms with Gasteiger partial charge in [0.1, 0.15) is 32.7 Å². The van der Waals surface area contributed by atoms with Gasteiger partial charge in [-0.05, 0) is 6.26 Å². The van der Waals surface area contributed by atoms with Crippen LogP contribution in [-0.4, -0.2) is 48.9 Å². The van der Waals surface area contributed by atoms with Gasteiger partial charge in [-0.15, -0.1) is 0 Å². The highest BCUT2D eigenvalue weighted by Gasteiger charge is 2.18. The molecule has 1 amide bonds. The second kappa shape index (κ2) is 7.63. The summed E-state index contributed by atoms with van der Waals surface area (Å²) in [6.45, 7) is 2.61. The van der Waals surface area contributed by atoms with E-state index in [0.29, 0.717) is 31.2 Å². The highest BCUT2D eigenvalue weighted by atomic mass is 32.2. The summed E-state index contributed by atoms with van der Waals surface area (Å²) in [6, 6.07) is 3.91. The van der Waals surface area contributed by atoms with E-state index in [-0.39, 0.29) is 5.76 Å². The first-order chi connectivity index (χ1) is 12.8. The molecular formula is C17H18N2O5S2. The maximum atomic E-state index is 12.4. The lowest BCUT2D eigenvalue weighted by atomic mass is 10.2. The summed E-state index contributed by atoms with van der Waals surface area (Å²) >= 11 is 3.18. The van der Waals surface area contributed by atoms with E-state index >= 15 is 0 Å². The Kier molecular flexibility index (Phi) is 5.07. The third-order valence-electron chi connectivity index (χ3n) is 3.92. The molecule has 0 saturated carbocycles. The van der Waals surface area contributed by atoms with Gasteiger partial charge in [-0.3, -0.25) is 4.79 Å². The van der Waals surface area contributed by atoms with Crippen LogP contribution in [0.4, 0.5) is 0 Å². The van der Waals surface area contributed by atoms with Crippen molar-refractivity contribution in [3.8, 4) is 11.5 Å². The molecule has 0 radical (unpaired) electrons. The van der Waals surface area contributed by atoms with E-state index in [0.717, 1.165) is 34.0 Å². The molecule has 26 heavy (non-hydrogen) atoms. The van der Waals surface area contributed by atoms with E-state index in [2.05, 4.69) is 4.99 Å². The van der Waals surface area contributed by atoms with Crippen LogP contribution in [0.25, 0.3) is 10.2 Å². The minimum atomic E-state index is -0.438. The number of benzene rings is 1. The number of thiazole rings is 1. The number of thioether (sulfide) groups is 1. The van der Waals surface area contributed by atoms with Gasteiger partial charge in [0.05, 0.1) is 10.2 Å². The van der Waals surface area contributed by atoms with Crippen LogP contribution < -0.4 is 14.3 Å². The third kappa shape index (κ3) is 3.41. The van der Waals surface area contributed by atoms with Crippen molar-refractivity contribution in [2.24, 2.45) is 4.99 Å². The Balaban J connectivity index is 1.80. The lowest BCUT2D eigenvalue weighted by Gasteiger charge is -2.18. The average Bonchev–Trinajstić information content (AvgIpc) is 3.01. The predicted octanol–water partition coefficient (Wildman–Crippen LogP) is 2.15. The summed E-state index contributed by atoms with van der Waals surface area (Å²) in [7, 11) is 0. The molecule has 0 unspecified atom stereocenters. The number of hydrogen-bond donors (Lipinski definition) is 0. The normalized spacial score (nSPS) is 16.8. The molecule has 1 aromatic carbocycles. The number of rotatable bonds is 4. The molecule has 0 atom stereocenters. The van der Waals surface area contributed by atoms with Gasteiger partial charge in [-0.25, -0.2) is 0 Å². The molecule has 2 aliphatic rings. The molecule has 9 heteroatoms. The van der Waals surface area contributed by atoms with Gasteiger partial charge in [0.25, 0.3) is 0 Å². The molecule has 0 aliphatic carbocycles. The fourth-order valence-electron chi connectivity index (χ4n) is 2.71. The van der Waals surface area contributed by atoms with Gasteiger partial charge >= 0.3 is 5.91 Å². The summed E-state index contributed by atoms with van der Waals surface area (Å²) < 4.78 is 24.9. The second-order valence-electron chi connectivity index (χ2n) is 5.61. The second-order valence-corrected chi connectivity index (χ2v) is 7.61. The van der Waals surface area contributed by atoms with Crippen molar-refractivity contribution in [2.75, 3.05) is 38.4 Å². The minimum Gasteiger partial charge on any atom is -0.494 e. The average molecular weight is 394 g/mol. The zero-order chi connectivity index (χ0) is 17.9. The topological polar surface area (TPSA) is 71.3 Å². The van der Waals surface area contributed by atoms with Crippen molar-refractivity contribution in [3.63, 3.8) is 0 Å². The smallest absolute Gasteiger partial charge is 0.317 e. The highest BCUT2D eigenvalue weighted by Crippen LogP contribution is 2.35. The molecule has 1 aromatic heterocycles. The summed E-state index contributed by atoms with van der Waals surface area (Å²) in [6.07, 6.45) is 3.38. The van der Waals surface area contributed by atoms with Gasteiger partial charge in [-0.2, -0.15) is 16.8 Å². The van der Waals surface area contributed by atoms with Crippen molar-refractivity contribution in [1.82, 2.24) is 4.57 Å². The fourth-order valence-corrected chi connectivity index (χ4v) is 4.14. The SMILES string of the molecule is CSCCn1c(=NC(=O)C2=COCCO2)sc2cc3c(cc21)OCCO3. The third-order valence-corrected chi connectivity index (χ3v) is 5.55. The Labute approximate surface area is 158 Å². The molecule has 0 spiro atoms. The summed E-state index contributed by atoms with van der Waals surface area (Å²) in [5, 5.41) is 0. The summed E-state index contributed by atoms with van der Waals surface area (Å²) in [5.74, 6) is 2.06. The molecule has 0 bridgehead atoms. The van der Waals surface area contributed by atoms with E-state index in [1.54, 1.807) is 11.8 Å². The molecule has 0 saturated heterocycles. The van der Waals surface area contributed by atoms with Gasteiger partial charge < -0.3 is 23.5 Å². The Bertz CT molecular complexity index is 931. The zero-order valence-corrected chi connectivity index (χ0v) is 15.9. The van der Waals surface area contributed by atoms with Crippen molar-refractivity contribution in [1.29, 1.82) is 0 Å². The van der Waals surface area contributed by atoms with Gasteiger partial charge in [0.15, 0.2) is 16.3 Å². The molecule has 7 nitrogen and oxygen atoms in total. The van der Waals surface area contributed by atoms with Crippen LogP contribution in [-0.2, 0) is 20.8 Å². The van der Waals surface area contributed by atoms with Crippen LogP contribution in [0.2, 0.25) is 0 Å². The highest BCUT2D eigenvalue weighted by molar-refractivity contribution is 7.98. The number of carbonyl (C=O) groups excluding carboxylic acids is 1. The minimum absolute atomic E-state index is 0.135. The first-order valence-corrected chi connectivity index (χ1v) is 10.4. The molecule has 0 fully saturated rings. The summed E-state index contributed by atoms with van der Waals surface area (Å²) in [4.78, 5) is 17.3. The van der Waals surface area contributed by atoms with Gasteiger partial charge in [0, 0.05) is 24.4 Å². The fraction of sp³-hybridized carbons (Fsp3) is 0.412. The molecule has 2 aromatic rings. The van der Waals surface area contributed by atoms with Crippen molar-refractivity contribution >= 4 is 39.2 Å². The number of aromatic nitrogens is 1. The number of carbonyl (C=O) groups is 1. The first kappa shape index (κ1) is 17.3. The largest absolute Gasteiger partial charge is 0.494 e. The Morgan fingerprint density at radius 2 is 1.96 bits per heavy atom. The summed E-state index contributed by atoms with van der Waals surface area (Å²) in [5.41, 5.74) is 0.981. The number of nitrogens with zero attached hydrogens (tertiary/aromatic N) is 2. The van der Waals surface area contributed by atoms with E-state index < -0.39 is 5.91 Å². The lowest BCUT2D eigenvalue weighted by Crippen LogP contribution is -2.21. The van der Waals surface area contributed by atoms with Crippen molar-refractivity contribution in [3.05, 3.63) is 29.0 Å². The zero-order valence-electron chi connectivity index (χ0n) is 14.2. The number of fused-ring (bicyclic) bond motifs is 2. The lowest BCUT2D eigenvalue weighted by molar-refractivity contribution is -0.119. The van der Waals surface area contributed by atoms with Gasteiger partial charge in [0.2, 0.25) is 5.76 Å². The van der Waals surface area contributed by atoms with E-state index in [4.69, 9.17) is 18.9 Å². The Morgan fingerprint density at radius 1 is 1.19 bits per heavy atom. The number of hydrogen-bond acceptors (Lipinski definition) is 7. The maximum Gasteiger partial charge on any atom is 0.317 e. The van der Waals surface area contributed by atoms with Crippen LogP contribution in [0.15, 0.2) is 29.1 Å². The molecule has 2 aliphatic heterocycles. The van der Waals surface area contributed by atoms with Gasteiger partial charge in [-0.1, -0.05) is 11.3 Å². The van der Waals surface area contributed by atoms with Crippen LogP contribution in [0.1, 0.15) is 0 Å². The standard InChI is InChI=1S/C17H18N2O5S2/c1-25-7-2-19-11-8-12-13(23-6-5-22-12)9-15(11)26-17(19)18-16(20)14-10-21-3-4-24-14/h8-10H,2-7H2,1H3. The van der Waals surface area contributed by atoms with Crippen LogP contribution in [0, 0.1) is 0 Å². The van der Waals surface area contributed by atoms with Crippen molar-refractivity contribution < 1.29 is 23.7 Å². The monoisotopic (exact) mass is 394 g/mol. The first-order valence-electron chi connectivity index (χ1n) is 8.22. The van der Waals surface area contributed by atoms with E-state index in [1.165, 1.54) is 17.6 Å².